The average molecular weight is 306 g/mol. The third-order valence-electron chi connectivity index (χ3n) is 3.08. The highest BCUT2D eigenvalue weighted by atomic mass is 32.2. The first-order valence-electron chi connectivity index (χ1n) is 6.58. The summed E-state index contributed by atoms with van der Waals surface area (Å²) in [5.41, 5.74) is 8.78. The standard InChI is InChI=1S/C14H18N4O2S/c1-9(2)21-8-12-13(14(15)17(3)16-12)10-4-6-11(7-5-10)18(19)20/h4-7,9H,8,15H2,1-3H3. The zero-order valence-electron chi connectivity index (χ0n) is 12.2. The van der Waals surface area contributed by atoms with Crippen LogP contribution in [-0.4, -0.2) is 20.0 Å². The van der Waals surface area contributed by atoms with E-state index in [2.05, 4.69) is 18.9 Å². The molecule has 1 aromatic heterocycles. The molecule has 0 atom stereocenters. The smallest absolute Gasteiger partial charge is 0.269 e. The molecule has 2 N–H and O–H groups in total. The summed E-state index contributed by atoms with van der Waals surface area (Å²) in [7, 11) is 1.80. The predicted octanol–water partition coefficient (Wildman–Crippen LogP) is 3.22. The number of aryl methyl sites for hydroxylation is 1. The zero-order valence-corrected chi connectivity index (χ0v) is 13.1. The molecule has 0 saturated carbocycles. The number of nitro benzene ring substituents is 1. The number of nitrogen functional groups attached to an aromatic ring is 1. The van der Waals surface area contributed by atoms with Gasteiger partial charge in [-0.3, -0.25) is 14.8 Å². The normalized spacial score (nSPS) is 11.0. The molecule has 2 aromatic rings. The van der Waals surface area contributed by atoms with Crippen LogP contribution in [0.5, 0.6) is 0 Å². The van der Waals surface area contributed by atoms with Crippen LogP contribution in [0, 0.1) is 10.1 Å². The number of benzene rings is 1. The van der Waals surface area contributed by atoms with Gasteiger partial charge in [0.25, 0.3) is 5.69 Å². The SMILES string of the molecule is CC(C)SCc1nn(C)c(N)c1-c1ccc([N+](=O)[O-])cc1. The average Bonchev–Trinajstić information content (AvgIpc) is 2.72. The maximum Gasteiger partial charge on any atom is 0.269 e. The first-order valence-corrected chi connectivity index (χ1v) is 7.62. The molecule has 0 bridgehead atoms. The minimum absolute atomic E-state index is 0.0688. The third-order valence-corrected chi connectivity index (χ3v) is 4.19. The summed E-state index contributed by atoms with van der Waals surface area (Å²) in [4.78, 5) is 10.3. The van der Waals surface area contributed by atoms with Gasteiger partial charge in [-0.1, -0.05) is 13.8 Å². The summed E-state index contributed by atoms with van der Waals surface area (Å²) in [6, 6.07) is 6.41. The summed E-state index contributed by atoms with van der Waals surface area (Å²) in [6.45, 7) is 4.25. The van der Waals surface area contributed by atoms with E-state index >= 15 is 0 Å². The van der Waals surface area contributed by atoms with Gasteiger partial charge in [-0.15, -0.1) is 0 Å². The monoisotopic (exact) mass is 306 g/mol. The molecule has 6 nitrogen and oxygen atoms in total. The third kappa shape index (κ3) is 3.36. The predicted molar refractivity (Wildman–Crippen MR) is 86.1 cm³/mol. The highest BCUT2D eigenvalue weighted by Crippen LogP contribution is 2.33. The van der Waals surface area contributed by atoms with Crippen LogP contribution >= 0.6 is 11.8 Å². The summed E-state index contributed by atoms with van der Waals surface area (Å²) >= 11 is 1.78. The lowest BCUT2D eigenvalue weighted by Crippen LogP contribution is -1.98. The summed E-state index contributed by atoms with van der Waals surface area (Å²) in [6.07, 6.45) is 0. The molecule has 0 saturated heterocycles. The molecule has 0 amide bonds. The van der Waals surface area contributed by atoms with E-state index in [9.17, 15) is 10.1 Å². The highest BCUT2D eigenvalue weighted by Gasteiger charge is 2.17. The van der Waals surface area contributed by atoms with Crippen LogP contribution in [0.25, 0.3) is 11.1 Å². The van der Waals surface area contributed by atoms with Gasteiger partial charge in [-0.2, -0.15) is 16.9 Å². The minimum atomic E-state index is -0.411. The van der Waals surface area contributed by atoms with E-state index in [1.165, 1.54) is 12.1 Å². The molecular formula is C14H18N4O2S. The first kappa shape index (κ1) is 15.4. The number of anilines is 1. The van der Waals surface area contributed by atoms with Crippen LogP contribution in [0.1, 0.15) is 19.5 Å². The van der Waals surface area contributed by atoms with Crippen molar-refractivity contribution in [2.24, 2.45) is 7.05 Å². The van der Waals surface area contributed by atoms with Crippen molar-refractivity contribution in [3.63, 3.8) is 0 Å². The Kier molecular flexibility index (Phi) is 4.52. The second-order valence-electron chi connectivity index (χ2n) is 4.99. The molecule has 0 unspecified atom stereocenters. The Balaban J connectivity index is 2.39. The van der Waals surface area contributed by atoms with Crippen molar-refractivity contribution in [3.05, 3.63) is 40.1 Å². The Morgan fingerprint density at radius 1 is 1.38 bits per heavy atom. The van der Waals surface area contributed by atoms with Crippen LogP contribution in [0.15, 0.2) is 24.3 Å². The molecular weight excluding hydrogens is 288 g/mol. The van der Waals surface area contributed by atoms with Crippen LogP contribution in [-0.2, 0) is 12.8 Å². The molecule has 21 heavy (non-hydrogen) atoms. The Morgan fingerprint density at radius 3 is 2.52 bits per heavy atom. The Labute approximate surface area is 127 Å². The Morgan fingerprint density at radius 2 is 2.00 bits per heavy atom. The van der Waals surface area contributed by atoms with Crippen molar-refractivity contribution in [2.75, 3.05) is 5.73 Å². The van der Waals surface area contributed by atoms with Crippen LogP contribution < -0.4 is 5.73 Å². The Hall–Kier alpha value is -2.02. The molecule has 1 aromatic carbocycles. The molecule has 0 radical (unpaired) electrons. The van der Waals surface area contributed by atoms with Crippen LogP contribution in [0.4, 0.5) is 11.5 Å². The van der Waals surface area contributed by atoms with Crippen LogP contribution in [0.2, 0.25) is 0 Å². The van der Waals surface area contributed by atoms with Gasteiger partial charge in [-0.25, -0.2) is 0 Å². The molecule has 0 aliphatic rings. The van der Waals surface area contributed by atoms with Gasteiger partial charge in [0.15, 0.2) is 0 Å². The second-order valence-corrected chi connectivity index (χ2v) is 6.56. The van der Waals surface area contributed by atoms with Gasteiger partial charge in [0.1, 0.15) is 5.82 Å². The summed E-state index contributed by atoms with van der Waals surface area (Å²) in [5.74, 6) is 1.33. The fraction of sp³-hybridized carbons (Fsp3) is 0.357. The lowest BCUT2D eigenvalue weighted by atomic mass is 10.1. The molecule has 7 heteroatoms. The number of hydrogen-bond donors (Lipinski definition) is 1. The van der Waals surface area contributed by atoms with Crippen molar-refractivity contribution in [2.45, 2.75) is 24.9 Å². The molecule has 112 valence electrons. The number of nitrogens with two attached hydrogens (primary N) is 1. The van der Waals surface area contributed by atoms with Gasteiger partial charge < -0.3 is 5.73 Å². The van der Waals surface area contributed by atoms with Gasteiger partial charge in [0.2, 0.25) is 0 Å². The van der Waals surface area contributed by atoms with Gasteiger partial charge in [-0.05, 0) is 22.9 Å². The number of nitro groups is 1. The molecule has 0 spiro atoms. The van der Waals surface area contributed by atoms with Gasteiger partial charge in [0, 0.05) is 30.5 Å². The minimum Gasteiger partial charge on any atom is -0.383 e. The number of aromatic nitrogens is 2. The quantitative estimate of drug-likeness (QED) is 0.677. The van der Waals surface area contributed by atoms with Gasteiger partial charge >= 0.3 is 0 Å². The number of non-ortho nitro benzene ring substituents is 1. The van der Waals surface area contributed by atoms with E-state index in [4.69, 9.17) is 5.73 Å². The largest absolute Gasteiger partial charge is 0.383 e. The van der Waals surface area contributed by atoms with Crippen molar-refractivity contribution in [1.29, 1.82) is 0 Å². The van der Waals surface area contributed by atoms with Gasteiger partial charge in [0.05, 0.1) is 10.6 Å². The fourth-order valence-corrected chi connectivity index (χ4v) is 2.70. The van der Waals surface area contributed by atoms with E-state index in [1.807, 2.05) is 0 Å². The zero-order chi connectivity index (χ0) is 15.6. The van der Waals surface area contributed by atoms with E-state index in [-0.39, 0.29) is 5.69 Å². The number of rotatable bonds is 5. The molecule has 2 rings (SSSR count). The number of nitrogens with zero attached hydrogens (tertiary/aromatic N) is 3. The van der Waals surface area contributed by atoms with E-state index < -0.39 is 4.92 Å². The van der Waals surface area contributed by atoms with E-state index in [0.29, 0.717) is 11.1 Å². The lowest BCUT2D eigenvalue weighted by Gasteiger charge is -2.06. The summed E-state index contributed by atoms with van der Waals surface area (Å²) in [5, 5.41) is 15.7. The van der Waals surface area contributed by atoms with E-state index in [1.54, 1.807) is 35.6 Å². The van der Waals surface area contributed by atoms with Crippen molar-refractivity contribution in [1.82, 2.24) is 9.78 Å². The maximum absolute atomic E-state index is 10.7. The molecule has 0 fully saturated rings. The molecule has 1 heterocycles. The lowest BCUT2D eigenvalue weighted by molar-refractivity contribution is -0.384. The first-order chi connectivity index (χ1) is 9.90. The topological polar surface area (TPSA) is 87.0 Å². The van der Waals surface area contributed by atoms with E-state index in [0.717, 1.165) is 22.6 Å². The second kappa shape index (κ2) is 6.17. The Bertz CT molecular complexity index is 650. The number of thioether (sulfide) groups is 1. The number of hydrogen-bond acceptors (Lipinski definition) is 5. The highest BCUT2D eigenvalue weighted by molar-refractivity contribution is 7.99. The van der Waals surface area contributed by atoms with Crippen molar-refractivity contribution >= 4 is 23.3 Å². The molecule has 0 aliphatic heterocycles. The molecule has 0 aliphatic carbocycles. The summed E-state index contributed by atoms with van der Waals surface area (Å²) < 4.78 is 1.65. The fourth-order valence-electron chi connectivity index (χ4n) is 2.01. The van der Waals surface area contributed by atoms with Crippen molar-refractivity contribution in [3.8, 4) is 11.1 Å². The maximum atomic E-state index is 10.7. The van der Waals surface area contributed by atoms with Crippen molar-refractivity contribution < 1.29 is 4.92 Å². The van der Waals surface area contributed by atoms with Crippen LogP contribution in [0.3, 0.4) is 0 Å².